The van der Waals surface area contributed by atoms with E-state index >= 15 is 0 Å². The quantitative estimate of drug-likeness (QED) is 0.633. The second-order valence-electron chi connectivity index (χ2n) is 3.59. The minimum Gasteiger partial charge on any atom is -0.350 e. The number of rotatable bonds is 0. The Morgan fingerprint density at radius 1 is 1.38 bits per heavy atom. The lowest BCUT2D eigenvalue weighted by atomic mass is 10.0. The summed E-state index contributed by atoms with van der Waals surface area (Å²) in [5, 5.41) is 3.30. The molecular weight excluding hydrogens is 178 g/mol. The fourth-order valence-corrected chi connectivity index (χ4v) is 1.85. The van der Waals surface area contributed by atoms with Gasteiger partial charge in [-0.05, 0) is 24.5 Å². The Bertz CT molecular complexity index is 333. The fraction of sp³-hybridized carbons (Fsp3) is 0.364. The van der Waals surface area contributed by atoms with Crippen LogP contribution in [0.5, 0.6) is 0 Å². The molecule has 1 aliphatic rings. The van der Waals surface area contributed by atoms with Crippen molar-refractivity contribution >= 4 is 22.9 Å². The molecule has 1 aliphatic heterocycles. The van der Waals surface area contributed by atoms with Crippen molar-refractivity contribution in [1.82, 2.24) is 0 Å². The molecule has 0 radical (unpaired) electrons. The third-order valence-corrected chi connectivity index (χ3v) is 3.07. The first-order valence-electron chi connectivity index (χ1n) is 4.66. The van der Waals surface area contributed by atoms with Gasteiger partial charge in [0.05, 0.1) is 4.99 Å². The molecule has 0 aromatic heterocycles. The van der Waals surface area contributed by atoms with Crippen LogP contribution in [0.2, 0.25) is 0 Å². The summed E-state index contributed by atoms with van der Waals surface area (Å²) in [6.45, 7) is 2.18. The van der Waals surface area contributed by atoms with Crippen LogP contribution in [0.4, 0.5) is 5.69 Å². The first-order chi connectivity index (χ1) is 6.27. The molecule has 0 bridgehead atoms. The molecule has 1 heterocycles. The molecule has 0 aliphatic carbocycles. The standard InChI is InChI=1S/C11H13NS/c1-8-6-7-9-4-2-3-5-10(9)12-11(8)13/h2-5,8H,6-7H2,1H3,(H,12,13). The minimum atomic E-state index is 0.502. The van der Waals surface area contributed by atoms with E-state index in [1.54, 1.807) is 0 Å². The molecule has 1 nitrogen and oxygen atoms in total. The summed E-state index contributed by atoms with van der Waals surface area (Å²) >= 11 is 5.28. The van der Waals surface area contributed by atoms with Gasteiger partial charge in [-0.15, -0.1) is 0 Å². The zero-order valence-corrected chi connectivity index (χ0v) is 8.53. The highest BCUT2D eigenvalue weighted by Crippen LogP contribution is 2.24. The molecule has 13 heavy (non-hydrogen) atoms. The van der Waals surface area contributed by atoms with Crippen LogP contribution >= 0.6 is 12.2 Å². The van der Waals surface area contributed by atoms with Gasteiger partial charge in [-0.3, -0.25) is 0 Å². The number of thiocarbonyl (C=S) groups is 1. The predicted octanol–water partition coefficient (Wildman–Crippen LogP) is 3.01. The van der Waals surface area contributed by atoms with Gasteiger partial charge in [0.25, 0.3) is 0 Å². The first-order valence-corrected chi connectivity index (χ1v) is 5.07. The van der Waals surface area contributed by atoms with Gasteiger partial charge in [0.15, 0.2) is 0 Å². The van der Waals surface area contributed by atoms with Crippen molar-refractivity contribution in [3.63, 3.8) is 0 Å². The van der Waals surface area contributed by atoms with Crippen molar-refractivity contribution in [2.24, 2.45) is 5.92 Å². The smallest absolute Gasteiger partial charge is 0.0826 e. The molecule has 1 aromatic rings. The molecule has 0 amide bonds. The van der Waals surface area contributed by atoms with Crippen LogP contribution in [-0.4, -0.2) is 4.99 Å². The van der Waals surface area contributed by atoms with Gasteiger partial charge in [-0.25, -0.2) is 0 Å². The number of benzene rings is 1. The van der Waals surface area contributed by atoms with E-state index in [2.05, 4.69) is 30.4 Å². The molecule has 2 rings (SSSR count). The molecule has 68 valence electrons. The number of para-hydroxylation sites is 1. The van der Waals surface area contributed by atoms with Gasteiger partial charge in [0, 0.05) is 11.6 Å². The first kappa shape index (κ1) is 8.70. The zero-order valence-electron chi connectivity index (χ0n) is 7.71. The van der Waals surface area contributed by atoms with Gasteiger partial charge in [0.2, 0.25) is 0 Å². The van der Waals surface area contributed by atoms with Gasteiger partial charge in [-0.1, -0.05) is 37.3 Å². The van der Waals surface area contributed by atoms with E-state index in [0.29, 0.717) is 5.92 Å². The monoisotopic (exact) mass is 191 g/mol. The second-order valence-corrected chi connectivity index (χ2v) is 4.03. The number of fused-ring (bicyclic) bond motifs is 1. The van der Waals surface area contributed by atoms with Crippen LogP contribution in [0.3, 0.4) is 0 Å². The molecule has 2 heteroatoms. The SMILES string of the molecule is CC1CCc2ccccc2NC1=S. The molecule has 0 fully saturated rings. The summed E-state index contributed by atoms with van der Waals surface area (Å²) < 4.78 is 0. The summed E-state index contributed by atoms with van der Waals surface area (Å²) in [5.74, 6) is 0.502. The summed E-state index contributed by atoms with van der Waals surface area (Å²) in [4.78, 5) is 0.977. The van der Waals surface area contributed by atoms with Gasteiger partial charge in [-0.2, -0.15) is 0 Å². The molecule has 0 saturated carbocycles. The van der Waals surface area contributed by atoms with Crippen LogP contribution in [0.1, 0.15) is 18.9 Å². The maximum absolute atomic E-state index is 5.28. The molecular formula is C11H13NS. The third kappa shape index (κ3) is 1.73. The lowest BCUT2D eigenvalue weighted by Crippen LogP contribution is -2.15. The van der Waals surface area contributed by atoms with Crippen LogP contribution in [0.15, 0.2) is 24.3 Å². The van der Waals surface area contributed by atoms with E-state index in [1.165, 1.54) is 11.3 Å². The Kier molecular flexibility index (Phi) is 2.32. The molecule has 0 saturated heterocycles. The summed E-state index contributed by atoms with van der Waals surface area (Å²) in [5.41, 5.74) is 2.58. The highest BCUT2D eigenvalue weighted by atomic mass is 32.1. The van der Waals surface area contributed by atoms with Crippen LogP contribution in [-0.2, 0) is 6.42 Å². The van der Waals surface area contributed by atoms with Gasteiger partial charge in [0.1, 0.15) is 0 Å². The normalized spacial score (nSPS) is 21.6. The highest BCUT2D eigenvalue weighted by molar-refractivity contribution is 7.80. The second kappa shape index (κ2) is 3.46. The van der Waals surface area contributed by atoms with E-state index < -0.39 is 0 Å². The average Bonchev–Trinajstić information content (AvgIpc) is 2.28. The van der Waals surface area contributed by atoms with Gasteiger partial charge >= 0.3 is 0 Å². The van der Waals surface area contributed by atoms with Gasteiger partial charge < -0.3 is 5.32 Å². The lowest BCUT2D eigenvalue weighted by Gasteiger charge is -2.09. The third-order valence-electron chi connectivity index (χ3n) is 2.57. The zero-order chi connectivity index (χ0) is 9.26. The number of hydrogen-bond acceptors (Lipinski definition) is 1. The number of aryl methyl sites for hydroxylation is 1. The van der Waals surface area contributed by atoms with E-state index in [-0.39, 0.29) is 0 Å². The van der Waals surface area contributed by atoms with Crippen molar-refractivity contribution in [3.8, 4) is 0 Å². The Labute approximate surface area is 84.2 Å². The topological polar surface area (TPSA) is 12.0 Å². The van der Waals surface area contributed by atoms with Crippen LogP contribution in [0.25, 0.3) is 0 Å². The molecule has 1 unspecified atom stereocenters. The van der Waals surface area contributed by atoms with Crippen molar-refractivity contribution in [1.29, 1.82) is 0 Å². The predicted molar refractivity (Wildman–Crippen MR) is 60.1 cm³/mol. The van der Waals surface area contributed by atoms with Crippen molar-refractivity contribution in [2.45, 2.75) is 19.8 Å². The molecule has 1 N–H and O–H groups in total. The summed E-state index contributed by atoms with van der Waals surface area (Å²) in [6, 6.07) is 8.40. The Hall–Kier alpha value is -0.890. The van der Waals surface area contributed by atoms with Crippen molar-refractivity contribution in [3.05, 3.63) is 29.8 Å². The van der Waals surface area contributed by atoms with E-state index in [9.17, 15) is 0 Å². The average molecular weight is 191 g/mol. The number of hydrogen-bond donors (Lipinski definition) is 1. The molecule has 0 spiro atoms. The highest BCUT2D eigenvalue weighted by Gasteiger charge is 2.15. The minimum absolute atomic E-state index is 0.502. The Morgan fingerprint density at radius 2 is 2.15 bits per heavy atom. The van der Waals surface area contributed by atoms with E-state index in [4.69, 9.17) is 12.2 Å². The number of nitrogens with one attached hydrogen (secondary N) is 1. The van der Waals surface area contributed by atoms with Crippen molar-refractivity contribution in [2.75, 3.05) is 5.32 Å². The van der Waals surface area contributed by atoms with E-state index in [1.807, 2.05) is 6.07 Å². The molecule has 1 atom stereocenters. The summed E-state index contributed by atoms with van der Waals surface area (Å²) in [7, 11) is 0. The lowest BCUT2D eigenvalue weighted by molar-refractivity contribution is 0.697. The fourth-order valence-electron chi connectivity index (χ4n) is 1.62. The van der Waals surface area contributed by atoms with E-state index in [0.717, 1.165) is 17.8 Å². The summed E-state index contributed by atoms with van der Waals surface area (Å²) in [6.07, 6.45) is 2.29. The van der Waals surface area contributed by atoms with Crippen molar-refractivity contribution < 1.29 is 0 Å². The number of anilines is 1. The Morgan fingerprint density at radius 3 is 3.00 bits per heavy atom. The Balaban J connectivity index is 2.35. The maximum Gasteiger partial charge on any atom is 0.0826 e. The maximum atomic E-state index is 5.28. The van der Waals surface area contributed by atoms with Crippen LogP contribution < -0.4 is 5.32 Å². The largest absolute Gasteiger partial charge is 0.350 e. The molecule has 1 aromatic carbocycles. The van der Waals surface area contributed by atoms with Crippen LogP contribution in [0, 0.1) is 5.92 Å².